The van der Waals surface area contributed by atoms with Crippen molar-refractivity contribution in [1.29, 1.82) is 0 Å². The van der Waals surface area contributed by atoms with Gasteiger partial charge in [0.15, 0.2) is 5.82 Å². The van der Waals surface area contributed by atoms with Crippen LogP contribution in [0, 0.1) is 0 Å². The molecular formula is C13H16N4O2S. The van der Waals surface area contributed by atoms with E-state index in [1.54, 1.807) is 18.2 Å². The number of sulfonamides is 1. The van der Waals surface area contributed by atoms with Crippen molar-refractivity contribution in [3.8, 4) is 0 Å². The van der Waals surface area contributed by atoms with Crippen molar-refractivity contribution in [3.63, 3.8) is 0 Å². The molecule has 0 aliphatic heterocycles. The summed E-state index contributed by atoms with van der Waals surface area (Å²) in [6.07, 6.45) is 2.21. The van der Waals surface area contributed by atoms with E-state index in [0.717, 1.165) is 12.0 Å². The van der Waals surface area contributed by atoms with Crippen LogP contribution in [0.3, 0.4) is 0 Å². The summed E-state index contributed by atoms with van der Waals surface area (Å²) in [5.74, 6) is 0.178. The van der Waals surface area contributed by atoms with Crippen LogP contribution in [-0.2, 0) is 10.0 Å². The first-order valence-corrected chi connectivity index (χ1v) is 7.67. The first-order chi connectivity index (χ1) is 9.53. The lowest BCUT2D eigenvalue weighted by Crippen LogP contribution is -2.15. The lowest BCUT2D eigenvalue weighted by Gasteiger charge is -2.11. The van der Waals surface area contributed by atoms with E-state index >= 15 is 0 Å². The summed E-state index contributed by atoms with van der Waals surface area (Å²) in [7, 11) is -3.69. The molecule has 106 valence electrons. The number of nitrogens with zero attached hydrogens (tertiary/aromatic N) is 2. The molecular weight excluding hydrogens is 276 g/mol. The molecule has 0 spiro atoms. The maximum absolute atomic E-state index is 12.2. The molecule has 0 bridgehead atoms. The topological polar surface area (TPSA) is 98.0 Å². The highest BCUT2D eigenvalue weighted by molar-refractivity contribution is 7.92. The van der Waals surface area contributed by atoms with Crippen molar-refractivity contribution >= 4 is 15.8 Å². The van der Waals surface area contributed by atoms with Crippen LogP contribution in [0.1, 0.15) is 24.9 Å². The van der Waals surface area contributed by atoms with E-state index in [4.69, 9.17) is 5.73 Å². The standard InChI is InChI=1S/C13H16N4O2S/c1-2-12(14)10-5-3-6-11(9-10)20(18,19)17-13-7-4-8-15-16-13/h3-9,12H,2,14H2,1H3,(H,16,17). The van der Waals surface area contributed by atoms with E-state index in [2.05, 4.69) is 14.9 Å². The molecule has 1 heterocycles. The predicted octanol–water partition coefficient (Wildman–Crippen LogP) is 1.69. The van der Waals surface area contributed by atoms with Crippen LogP contribution in [0.4, 0.5) is 5.82 Å². The fourth-order valence-electron chi connectivity index (χ4n) is 1.70. The average molecular weight is 292 g/mol. The third kappa shape index (κ3) is 3.31. The molecule has 0 saturated carbocycles. The first kappa shape index (κ1) is 14.4. The van der Waals surface area contributed by atoms with E-state index in [1.165, 1.54) is 18.3 Å². The van der Waals surface area contributed by atoms with E-state index in [-0.39, 0.29) is 16.8 Å². The smallest absolute Gasteiger partial charge is 0.263 e. The van der Waals surface area contributed by atoms with Crippen LogP contribution >= 0.6 is 0 Å². The van der Waals surface area contributed by atoms with Gasteiger partial charge in [-0.25, -0.2) is 8.42 Å². The van der Waals surface area contributed by atoms with Crippen molar-refractivity contribution in [1.82, 2.24) is 10.2 Å². The van der Waals surface area contributed by atoms with Gasteiger partial charge in [-0.05, 0) is 36.2 Å². The van der Waals surface area contributed by atoms with Crippen molar-refractivity contribution in [2.24, 2.45) is 5.73 Å². The van der Waals surface area contributed by atoms with Crippen molar-refractivity contribution in [3.05, 3.63) is 48.2 Å². The molecule has 20 heavy (non-hydrogen) atoms. The highest BCUT2D eigenvalue weighted by atomic mass is 32.2. The number of rotatable bonds is 5. The Morgan fingerprint density at radius 1 is 1.30 bits per heavy atom. The third-order valence-electron chi connectivity index (χ3n) is 2.85. The molecule has 1 aromatic heterocycles. The third-order valence-corrected chi connectivity index (χ3v) is 4.20. The summed E-state index contributed by atoms with van der Waals surface area (Å²) in [5, 5.41) is 7.32. The fraction of sp³-hybridized carbons (Fsp3) is 0.231. The molecule has 2 aromatic rings. The SMILES string of the molecule is CCC(N)c1cccc(S(=O)(=O)Nc2cccnn2)c1. The number of anilines is 1. The summed E-state index contributed by atoms with van der Waals surface area (Å²) in [4.78, 5) is 0.157. The van der Waals surface area contributed by atoms with Gasteiger partial charge in [-0.15, -0.1) is 5.10 Å². The molecule has 3 N–H and O–H groups in total. The maximum Gasteiger partial charge on any atom is 0.263 e. The van der Waals surface area contributed by atoms with Crippen LogP contribution in [-0.4, -0.2) is 18.6 Å². The van der Waals surface area contributed by atoms with Gasteiger partial charge in [-0.3, -0.25) is 4.72 Å². The zero-order valence-electron chi connectivity index (χ0n) is 11.0. The van der Waals surface area contributed by atoms with Gasteiger partial charge in [0.1, 0.15) is 0 Å². The normalized spacial score (nSPS) is 12.9. The van der Waals surface area contributed by atoms with Gasteiger partial charge in [0.25, 0.3) is 10.0 Å². The average Bonchev–Trinajstić information content (AvgIpc) is 2.47. The van der Waals surface area contributed by atoms with Crippen LogP contribution in [0.15, 0.2) is 47.5 Å². The van der Waals surface area contributed by atoms with Gasteiger partial charge in [0, 0.05) is 12.2 Å². The molecule has 0 fully saturated rings. The molecule has 1 aromatic carbocycles. The van der Waals surface area contributed by atoms with Gasteiger partial charge in [0.05, 0.1) is 4.90 Å². The summed E-state index contributed by atoms with van der Waals surface area (Å²) in [6, 6.07) is 9.55. The van der Waals surface area contributed by atoms with Gasteiger partial charge < -0.3 is 5.73 Å². The van der Waals surface area contributed by atoms with Crippen LogP contribution < -0.4 is 10.5 Å². The number of aromatic nitrogens is 2. The van der Waals surface area contributed by atoms with Crippen molar-refractivity contribution < 1.29 is 8.42 Å². The minimum atomic E-state index is -3.69. The number of nitrogens with one attached hydrogen (secondary N) is 1. The lowest BCUT2D eigenvalue weighted by molar-refractivity contribution is 0.600. The zero-order valence-corrected chi connectivity index (χ0v) is 11.8. The Bertz CT molecular complexity index is 674. The Morgan fingerprint density at radius 3 is 2.75 bits per heavy atom. The van der Waals surface area contributed by atoms with Crippen molar-refractivity contribution in [2.45, 2.75) is 24.3 Å². The van der Waals surface area contributed by atoms with E-state index in [1.807, 2.05) is 13.0 Å². The minimum Gasteiger partial charge on any atom is -0.324 e. The van der Waals surface area contributed by atoms with Gasteiger partial charge in [-0.2, -0.15) is 5.10 Å². The quantitative estimate of drug-likeness (QED) is 0.873. The number of hydrogen-bond donors (Lipinski definition) is 2. The minimum absolute atomic E-state index is 0.157. The number of hydrogen-bond acceptors (Lipinski definition) is 5. The van der Waals surface area contributed by atoms with Crippen molar-refractivity contribution in [2.75, 3.05) is 4.72 Å². The molecule has 6 nitrogen and oxygen atoms in total. The molecule has 0 aliphatic carbocycles. The monoisotopic (exact) mass is 292 g/mol. The van der Waals surface area contributed by atoms with Gasteiger partial charge >= 0.3 is 0 Å². The summed E-state index contributed by atoms with van der Waals surface area (Å²) in [6.45, 7) is 1.95. The second-order valence-electron chi connectivity index (χ2n) is 4.30. The fourth-order valence-corrected chi connectivity index (χ4v) is 2.75. The summed E-state index contributed by atoms with van der Waals surface area (Å²) < 4.78 is 26.9. The molecule has 0 aliphatic rings. The van der Waals surface area contributed by atoms with Crippen LogP contribution in [0.2, 0.25) is 0 Å². The summed E-state index contributed by atoms with van der Waals surface area (Å²) >= 11 is 0. The molecule has 0 saturated heterocycles. The Morgan fingerprint density at radius 2 is 2.10 bits per heavy atom. The van der Waals surface area contributed by atoms with Gasteiger partial charge in [-0.1, -0.05) is 19.1 Å². The molecule has 0 radical (unpaired) electrons. The Kier molecular flexibility index (Phi) is 4.31. The van der Waals surface area contributed by atoms with Gasteiger partial charge in [0.2, 0.25) is 0 Å². The highest BCUT2D eigenvalue weighted by Gasteiger charge is 2.16. The summed E-state index contributed by atoms with van der Waals surface area (Å²) in [5.41, 5.74) is 6.71. The maximum atomic E-state index is 12.2. The van der Waals surface area contributed by atoms with Crippen LogP contribution in [0.25, 0.3) is 0 Å². The largest absolute Gasteiger partial charge is 0.324 e. The second kappa shape index (κ2) is 5.98. The zero-order chi connectivity index (χ0) is 14.6. The Balaban J connectivity index is 2.30. The Hall–Kier alpha value is -1.99. The lowest BCUT2D eigenvalue weighted by atomic mass is 10.1. The number of nitrogens with two attached hydrogens (primary N) is 1. The molecule has 0 amide bonds. The van der Waals surface area contributed by atoms with E-state index in [0.29, 0.717) is 0 Å². The van der Waals surface area contributed by atoms with Crippen LogP contribution in [0.5, 0.6) is 0 Å². The predicted molar refractivity (Wildman–Crippen MR) is 76.5 cm³/mol. The van der Waals surface area contributed by atoms with E-state index < -0.39 is 10.0 Å². The Labute approximate surface area is 118 Å². The molecule has 2 rings (SSSR count). The number of benzene rings is 1. The molecule has 1 atom stereocenters. The highest BCUT2D eigenvalue weighted by Crippen LogP contribution is 2.19. The first-order valence-electron chi connectivity index (χ1n) is 6.19. The molecule has 1 unspecified atom stereocenters. The molecule has 7 heteroatoms. The van der Waals surface area contributed by atoms with E-state index in [9.17, 15) is 8.42 Å². The second-order valence-corrected chi connectivity index (χ2v) is 5.98.